The molecule has 0 spiro atoms. The summed E-state index contributed by atoms with van der Waals surface area (Å²) >= 11 is 0. The maximum atomic E-state index is 10.7. The molecule has 16 heavy (non-hydrogen) atoms. The lowest BCUT2D eigenvalue weighted by Crippen LogP contribution is -2.08. The van der Waals surface area contributed by atoms with Gasteiger partial charge >= 0.3 is 5.69 Å². The van der Waals surface area contributed by atoms with Crippen LogP contribution in [0.15, 0.2) is 18.2 Å². The van der Waals surface area contributed by atoms with Crippen LogP contribution < -0.4 is 15.8 Å². The molecular weight excluding hydrogens is 210 g/mol. The van der Waals surface area contributed by atoms with Crippen LogP contribution in [0.2, 0.25) is 0 Å². The van der Waals surface area contributed by atoms with Crippen molar-refractivity contribution in [2.45, 2.75) is 6.42 Å². The second-order valence-electron chi connectivity index (χ2n) is 3.21. The molecule has 88 valence electrons. The number of hydrogen-bond donors (Lipinski definition) is 2. The molecule has 0 aliphatic heterocycles. The molecule has 6 nitrogen and oxygen atoms in total. The minimum atomic E-state index is -0.465. The first-order valence-corrected chi connectivity index (χ1v) is 4.95. The topological polar surface area (TPSA) is 90.4 Å². The molecule has 0 radical (unpaired) electrons. The van der Waals surface area contributed by atoms with Crippen molar-refractivity contribution in [1.82, 2.24) is 0 Å². The largest absolute Gasteiger partial charge is 0.490 e. The van der Waals surface area contributed by atoms with Crippen molar-refractivity contribution in [3.8, 4) is 5.75 Å². The first-order valence-electron chi connectivity index (χ1n) is 4.95. The van der Waals surface area contributed by atoms with E-state index in [-0.39, 0.29) is 11.4 Å². The third-order valence-corrected chi connectivity index (χ3v) is 2.09. The Balaban J connectivity index is 2.81. The summed E-state index contributed by atoms with van der Waals surface area (Å²) in [6, 6.07) is 4.76. The van der Waals surface area contributed by atoms with Crippen LogP contribution in [0.5, 0.6) is 5.75 Å². The Hall–Kier alpha value is -1.82. The third kappa shape index (κ3) is 3.09. The number of rotatable bonds is 6. The normalized spacial score (nSPS) is 9.88. The molecule has 0 aromatic heterocycles. The van der Waals surface area contributed by atoms with Crippen LogP contribution in [0.4, 0.5) is 11.4 Å². The number of nitrogens with one attached hydrogen (secondary N) is 1. The molecule has 0 saturated heterocycles. The highest BCUT2D eigenvalue weighted by Crippen LogP contribution is 2.29. The first-order chi connectivity index (χ1) is 7.69. The van der Waals surface area contributed by atoms with Gasteiger partial charge in [0.15, 0.2) is 5.75 Å². The highest BCUT2D eigenvalue weighted by atomic mass is 16.6. The molecule has 0 aliphatic carbocycles. The van der Waals surface area contributed by atoms with Crippen molar-refractivity contribution in [2.75, 3.05) is 25.5 Å². The van der Waals surface area contributed by atoms with Crippen molar-refractivity contribution in [2.24, 2.45) is 5.73 Å². The maximum Gasteiger partial charge on any atom is 0.312 e. The number of benzene rings is 1. The predicted molar refractivity (Wildman–Crippen MR) is 61.8 cm³/mol. The van der Waals surface area contributed by atoms with Crippen molar-refractivity contribution < 1.29 is 9.66 Å². The zero-order chi connectivity index (χ0) is 12.0. The van der Waals surface area contributed by atoms with Gasteiger partial charge in [-0.15, -0.1) is 0 Å². The van der Waals surface area contributed by atoms with Crippen LogP contribution in [0.1, 0.15) is 6.42 Å². The van der Waals surface area contributed by atoms with E-state index in [1.54, 1.807) is 12.1 Å². The van der Waals surface area contributed by atoms with Gasteiger partial charge in [-0.25, -0.2) is 0 Å². The Labute approximate surface area is 93.5 Å². The lowest BCUT2D eigenvalue weighted by Gasteiger charge is -2.07. The average Bonchev–Trinajstić information content (AvgIpc) is 2.29. The number of nitro benzene ring substituents is 1. The minimum Gasteiger partial charge on any atom is -0.490 e. The van der Waals surface area contributed by atoms with Crippen molar-refractivity contribution in [1.29, 1.82) is 0 Å². The number of nitrogens with two attached hydrogens (primary N) is 1. The molecule has 0 saturated carbocycles. The fraction of sp³-hybridized carbons (Fsp3) is 0.400. The van der Waals surface area contributed by atoms with E-state index in [0.717, 1.165) is 6.42 Å². The highest BCUT2D eigenvalue weighted by Gasteiger charge is 2.14. The van der Waals surface area contributed by atoms with Crippen molar-refractivity contribution in [3.05, 3.63) is 28.3 Å². The Kier molecular flexibility index (Phi) is 4.53. The SMILES string of the molecule is COc1ccc(NCCCN)cc1[N+](=O)[O-]. The lowest BCUT2D eigenvalue weighted by atomic mass is 10.2. The van der Waals surface area contributed by atoms with Gasteiger partial charge in [0.2, 0.25) is 0 Å². The molecule has 0 heterocycles. The molecule has 0 amide bonds. The first kappa shape index (κ1) is 12.3. The van der Waals surface area contributed by atoms with Crippen molar-refractivity contribution >= 4 is 11.4 Å². The summed E-state index contributed by atoms with van der Waals surface area (Å²) < 4.78 is 4.90. The molecule has 1 aromatic rings. The second-order valence-corrected chi connectivity index (χ2v) is 3.21. The lowest BCUT2D eigenvalue weighted by molar-refractivity contribution is -0.385. The van der Waals surface area contributed by atoms with Crippen LogP contribution in [0, 0.1) is 10.1 Å². The fourth-order valence-electron chi connectivity index (χ4n) is 1.28. The van der Waals surface area contributed by atoms with Gasteiger partial charge in [0.25, 0.3) is 0 Å². The number of nitrogens with zero attached hydrogens (tertiary/aromatic N) is 1. The van der Waals surface area contributed by atoms with Gasteiger partial charge in [-0.3, -0.25) is 10.1 Å². The van der Waals surface area contributed by atoms with Gasteiger partial charge in [0.05, 0.1) is 12.0 Å². The fourth-order valence-corrected chi connectivity index (χ4v) is 1.28. The van der Waals surface area contributed by atoms with Gasteiger partial charge in [0, 0.05) is 18.3 Å². The van der Waals surface area contributed by atoms with E-state index in [9.17, 15) is 10.1 Å². The summed E-state index contributed by atoms with van der Waals surface area (Å²) in [5.41, 5.74) is 6.00. The molecule has 0 unspecified atom stereocenters. The van der Waals surface area contributed by atoms with Crippen LogP contribution in [0.25, 0.3) is 0 Å². The molecule has 0 atom stereocenters. The number of anilines is 1. The molecule has 6 heteroatoms. The molecule has 3 N–H and O–H groups in total. The molecule has 0 fully saturated rings. The molecule has 0 aliphatic rings. The van der Waals surface area contributed by atoms with E-state index in [1.165, 1.54) is 13.2 Å². The molecule has 1 aromatic carbocycles. The molecule has 1 rings (SSSR count). The Morgan fingerprint density at radius 1 is 1.56 bits per heavy atom. The van der Waals surface area contributed by atoms with E-state index < -0.39 is 4.92 Å². The van der Waals surface area contributed by atoms with E-state index in [0.29, 0.717) is 18.8 Å². The summed E-state index contributed by atoms with van der Waals surface area (Å²) in [6.45, 7) is 1.28. The number of nitro groups is 1. The maximum absolute atomic E-state index is 10.7. The van der Waals surface area contributed by atoms with Gasteiger partial charge in [-0.2, -0.15) is 0 Å². The zero-order valence-corrected chi connectivity index (χ0v) is 9.10. The minimum absolute atomic E-state index is 0.0414. The van der Waals surface area contributed by atoms with E-state index in [4.69, 9.17) is 10.5 Å². The molecule has 0 bridgehead atoms. The monoisotopic (exact) mass is 225 g/mol. The standard InChI is InChI=1S/C10H15N3O3/c1-16-10-4-3-8(12-6-2-5-11)7-9(10)13(14)15/h3-4,7,12H,2,5-6,11H2,1H3. The zero-order valence-electron chi connectivity index (χ0n) is 9.10. The van der Waals surface area contributed by atoms with Gasteiger partial charge in [0.1, 0.15) is 0 Å². The predicted octanol–water partition coefficient (Wildman–Crippen LogP) is 1.36. The number of hydrogen-bond acceptors (Lipinski definition) is 5. The summed E-state index contributed by atoms with van der Waals surface area (Å²) in [4.78, 5) is 10.3. The van der Waals surface area contributed by atoms with Crippen LogP contribution in [-0.2, 0) is 0 Å². The van der Waals surface area contributed by atoms with Crippen LogP contribution in [0.3, 0.4) is 0 Å². The average molecular weight is 225 g/mol. The Morgan fingerprint density at radius 3 is 2.88 bits per heavy atom. The van der Waals surface area contributed by atoms with Gasteiger partial charge in [-0.1, -0.05) is 0 Å². The Bertz CT molecular complexity index is 368. The van der Waals surface area contributed by atoms with Crippen LogP contribution >= 0.6 is 0 Å². The third-order valence-electron chi connectivity index (χ3n) is 2.09. The quantitative estimate of drug-likeness (QED) is 0.433. The summed E-state index contributed by atoms with van der Waals surface area (Å²) in [7, 11) is 1.41. The number of methoxy groups -OCH3 is 1. The number of ether oxygens (including phenoxy) is 1. The van der Waals surface area contributed by atoms with E-state index >= 15 is 0 Å². The van der Waals surface area contributed by atoms with E-state index in [1.807, 2.05) is 0 Å². The van der Waals surface area contributed by atoms with Gasteiger partial charge < -0.3 is 15.8 Å². The van der Waals surface area contributed by atoms with Crippen molar-refractivity contribution in [3.63, 3.8) is 0 Å². The summed E-state index contributed by atoms with van der Waals surface area (Å²) in [5.74, 6) is 0.259. The Morgan fingerprint density at radius 2 is 2.31 bits per heavy atom. The molecular formula is C10H15N3O3. The van der Waals surface area contributed by atoms with Crippen LogP contribution in [-0.4, -0.2) is 25.1 Å². The summed E-state index contributed by atoms with van der Waals surface area (Å²) in [5, 5.41) is 13.8. The highest BCUT2D eigenvalue weighted by molar-refractivity contribution is 5.58. The smallest absolute Gasteiger partial charge is 0.312 e. The van der Waals surface area contributed by atoms with E-state index in [2.05, 4.69) is 5.32 Å². The summed E-state index contributed by atoms with van der Waals surface area (Å²) in [6.07, 6.45) is 0.819. The second kappa shape index (κ2) is 5.92. The van der Waals surface area contributed by atoms with Gasteiger partial charge in [-0.05, 0) is 25.1 Å².